The van der Waals surface area contributed by atoms with Crippen molar-refractivity contribution in [3.05, 3.63) is 11.6 Å². The number of likely N-dealkylation sites (N-methyl/N-ethyl adjacent to an activating group) is 1. The molecule has 0 aliphatic heterocycles. The topological polar surface area (TPSA) is 41.1 Å². The van der Waals surface area contributed by atoms with Crippen LogP contribution in [-0.4, -0.2) is 26.0 Å². The summed E-state index contributed by atoms with van der Waals surface area (Å²) >= 11 is 0. The van der Waals surface area contributed by atoms with E-state index in [0.717, 1.165) is 12.1 Å². The highest BCUT2D eigenvalue weighted by molar-refractivity contribution is 5.92. The molecule has 0 bridgehead atoms. The Bertz CT molecular complexity index is 152. The first-order valence-electron chi connectivity index (χ1n) is 3.78. The quantitative estimate of drug-likeness (QED) is 0.453. The Hall–Kier alpha value is -0.830. The zero-order chi connectivity index (χ0) is 8.69. The largest absolute Gasteiger partial charge is 0.351 e. The van der Waals surface area contributed by atoms with Crippen LogP contribution in [0.15, 0.2) is 11.6 Å². The number of hydrogen-bond donors (Lipinski definition) is 2. The molecule has 0 saturated carbocycles. The molecular formula is C8H16N2O. The molecule has 0 spiro atoms. The first-order valence-corrected chi connectivity index (χ1v) is 3.78. The lowest BCUT2D eigenvalue weighted by atomic mass is 10.3. The fourth-order valence-electron chi connectivity index (χ4n) is 0.572. The molecule has 1 amide bonds. The SMILES string of the molecule is C/C=C(\C)C(=O)NCCNC. The van der Waals surface area contributed by atoms with E-state index in [1.807, 2.05) is 14.0 Å². The van der Waals surface area contributed by atoms with Crippen LogP contribution in [0.4, 0.5) is 0 Å². The maximum atomic E-state index is 11.0. The van der Waals surface area contributed by atoms with E-state index in [4.69, 9.17) is 0 Å². The molecule has 3 nitrogen and oxygen atoms in total. The summed E-state index contributed by atoms with van der Waals surface area (Å²) in [6.45, 7) is 5.14. The molecule has 11 heavy (non-hydrogen) atoms. The third-order valence-electron chi connectivity index (χ3n) is 1.45. The number of carbonyl (C=O) groups is 1. The maximum Gasteiger partial charge on any atom is 0.246 e. The fraction of sp³-hybridized carbons (Fsp3) is 0.625. The Labute approximate surface area is 67.9 Å². The summed E-state index contributed by atoms with van der Waals surface area (Å²) in [5, 5.41) is 5.71. The first kappa shape index (κ1) is 10.2. The van der Waals surface area contributed by atoms with Gasteiger partial charge in [-0.2, -0.15) is 0 Å². The second kappa shape index (κ2) is 5.92. The van der Waals surface area contributed by atoms with E-state index in [9.17, 15) is 4.79 Å². The van der Waals surface area contributed by atoms with Crippen molar-refractivity contribution in [3.63, 3.8) is 0 Å². The molecule has 3 heteroatoms. The van der Waals surface area contributed by atoms with E-state index in [-0.39, 0.29) is 5.91 Å². The van der Waals surface area contributed by atoms with Gasteiger partial charge in [0.2, 0.25) is 5.91 Å². The molecule has 0 radical (unpaired) electrons. The molecule has 0 aromatic rings. The van der Waals surface area contributed by atoms with Crippen molar-refractivity contribution in [1.82, 2.24) is 10.6 Å². The van der Waals surface area contributed by atoms with Gasteiger partial charge in [-0.25, -0.2) is 0 Å². The molecular weight excluding hydrogens is 140 g/mol. The van der Waals surface area contributed by atoms with Crippen LogP contribution < -0.4 is 10.6 Å². The lowest BCUT2D eigenvalue weighted by Crippen LogP contribution is -2.30. The monoisotopic (exact) mass is 156 g/mol. The van der Waals surface area contributed by atoms with Crippen molar-refractivity contribution in [2.45, 2.75) is 13.8 Å². The molecule has 0 atom stereocenters. The van der Waals surface area contributed by atoms with Gasteiger partial charge in [-0.15, -0.1) is 0 Å². The van der Waals surface area contributed by atoms with Crippen LogP contribution in [-0.2, 0) is 4.79 Å². The standard InChI is InChI=1S/C8H16N2O/c1-4-7(2)8(11)10-6-5-9-3/h4,9H,5-6H2,1-3H3,(H,10,11)/b7-4+. The van der Waals surface area contributed by atoms with Crippen molar-refractivity contribution >= 4 is 5.91 Å². The number of nitrogens with one attached hydrogen (secondary N) is 2. The van der Waals surface area contributed by atoms with Crippen molar-refractivity contribution in [2.75, 3.05) is 20.1 Å². The van der Waals surface area contributed by atoms with Crippen LogP contribution in [0.5, 0.6) is 0 Å². The van der Waals surface area contributed by atoms with Crippen molar-refractivity contribution in [2.24, 2.45) is 0 Å². The molecule has 64 valence electrons. The van der Waals surface area contributed by atoms with Crippen molar-refractivity contribution in [1.29, 1.82) is 0 Å². The van der Waals surface area contributed by atoms with Gasteiger partial charge in [-0.3, -0.25) is 4.79 Å². The number of allylic oxidation sites excluding steroid dienone is 1. The lowest BCUT2D eigenvalue weighted by molar-refractivity contribution is -0.117. The predicted molar refractivity (Wildman–Crippen MR) is 46.4 cm³/mol. The van der Waals surface area contributed by atoms with Crippen LogP contribution in [0.2, 0.25) is 0 Å². The lowest BCUT2D eigenvalue weighted by Gasteiger charge is -2.03. The van der Waals surface area contributed by atoms with Crippen molar-refractivity contribution < 1.29 is 4.79 Å². The Balaban J connectivity index is 3.53. The zero-order valence-electron chi connectivity index (χ0n) is 7.40. The highest BCUT2D eigenvalue weighted by Gasteiger charge is 1.99. The van der Waals surface area contributed by atoms with Gasteiger partial charge < -0.3 is 10.6 Å². The van der Waals surface area contributed by atoms with E-state index < -0.39 is 0 Å². The van der Waals surface area contributed by atoms with E-state index in [0.29, 0.717) is 6.54 Å². The third-order valence-corrected chi connectivity index (χ3v) is 1.45. The average molecular weight is 156 g/mol. The summed E-state index contributed by atoms with van der Waals surface area (Å²) in [4.78, 5) is 11.0. The van der Waals surface area contributed by atoms with Gasteiger partial charge in [-0.05, 0) is 20.9 Å². The van der Waals surface area contributed by atoms with Crippen LogP contribution in [0.3, 0.4) is 0 Å². The molecule has 0 unspecified atom stereocenters. The Morgan fingerprint density at radius 3 is 2.55 bits per heavy atom. The number of amides is 1. The maximum absolute atomic E-state index is 11.0. The minimum absolute atomic E-state index is 0.0164. The second-order valence-electron chi connectivity index (χ2n) is 2.33. The van der Waals surface area contributed by atoms with Crippen LogP contribution in [0, 0.1) is 0 Å². The van der Waals surface area contributed by atoms with Crippen molar-refractivity contribution in [3.8, 4) is 0 Å². The Morgan fingerprint density at radius 1 is 1.45 bits per heavy atom. The smallest absolute Gasteiger partial charge is 0.246 e. The van der Waals surface area contributed by atoms with Gasteiger partial charge in [0.05, 0.1) is 0 Å². The molecule has 0 aromatic heterocycles. The summed E-state index contributed by atoms with van der Waals surface area (Å²) in [5.74, 6) is 0.0164. The molecule has 0 aliphatic rings. The van der Waals surface area contributed by atoms with E-state index >= 15 is 0 Å². The second-order valence-corrected chi connectivity index (χ2v) is 2.33. The molecule has 0 saturated heterocycles. The summed E-state index contributed by atoms with van der Waals surface area (Å²) in [7, 11) is 1.86. The zero-order valence-corrected chi connectivity index (χ0v) is 7.40. The van der Waals surface area contributed by atoms with E-state index in [1.54, 1.807) is 13.0 Å². The molecule has 0 aromatic carbocycles. The van der Waals surface area contributed by atoms with Crippen LogP contribution >= 0.6 is 0 Å². The van der Waals surface area contributed by atoms with Gasteiger partial charge in [0, 0.05) is 18.7 Å². The van der Waals surface area contributed by atoms with Gasteiger partial charge in [0.25, 0.3) is 0 Å². The van der Waals surface area contributed by atoms with Gasteiger partial charge >= 0.3 is 0 Å². The number of rotatable bonds is 4. The first-order chi connectivity index (χ1) is 5.22. The highest BCUT2D eigenvalue weighted by atomic mass is 16.1. The predicted octanol–water partition coefficient (Wildman–Crippen LogP) is 0.288. The molecule has 0 fully saturated rings. The molecule has 0 aliphatic carbocycles. The minimum Gasteiger partial charge on any atom is -0.351 e. The molecule has 0 heterocycles. The highest BCUT2D eigenvalue weighted by Crippen LogP contribution is 1.89. The fourth-order valence-corrected chi connectivity index (χ4v) is 0.572. The van der Waals surface area contributed by atoms with E-state index in [2.05, 4.69) is 10.6 Å². The average Bonchev–Trinajstić information content (AvgIpc) is 2.03. The number of hydrogen-bond acceptors (Lipinski definition) is 2. The number of carbonyl (C=O) groups excluding carboxylic acids is 1. The molecule has 2 N–H and O–H groups in total. The van der Waals surface area contributed by atoms with Crippen LogP contribution in [0.1, 0.15) is 13.8 Å². The summed E-state index contributed by atoms with van der Waals surface area (Å²) in [5.41, 5.74) is 0.765. The van der Waals surface area contributed by atoms with Gasteiger partial charge in [0.15, 0.2) is 0 Å². The van der Waals surface area contributed by atoms with Crippen LogP contribution in [0.25, 0.3) is 0 Å². The normalized spacial score (nSPS) is 11.4. The third kappa shape index (κ3) is 4.56. The Morgan fingerprint density at radius 2 is 2.09 bits per heavy atom. The minimum atomic E-state index is 0.0164. The summed E-state index contributed by atoms with van der Waals surface area (Å²) < 4.78 is 0. The Kier molecular flexibility index (Phi) is 5.47. The van der Waals surface area contributed by atoms with E-state index in [1.165, 1.54) is 0 Å². The summed E-state index contributed by atoms with van der Waals surface area (Å²) in [6.07, 6.45) is 1.80. The summed E-state index contributed by atoms with van der Waals surface area (Å²) in [6, 6.07) is 0. The van der Waals surface area contributed by atoms with Gasteiger partial charge in [-0.1, -0.05) is 6.08 Å². The van der Waals surface area contributed by atoms with Gasteiger partial charge in [0.1, 0.15) is 0 Å². The molecule has 0 rings (SSSR count).